The van der Waals surface area contributed by atoms with Gasteiger partial charge in [0.15, 0.2) is 0 Å². The Hall–Kier alpha value is -0.500. The number of thioether (sulfide) groups is 1. The molecule has 1 aromatic rings. The summed E-state index contributed by atoms with van der Waals surface area (Å²) in [6.45, 7) is 7.16. The van der Waals surface area contributed by atoms with E-state index in [0.717, 1.165) is 5.69 Å². The Morgan fingerprint density at radius 2 is 2.05 bits per heavy atom. The molecule has 110 valence electrons. The summed E-state index contributed by atoms with van der Waals surface area (Å²) in [6, 6.07) is 2.03. The van der Waals surface area contributed by atoms with Crippen LogP contribution in [0.1, 0.15) is 26.5 Å². The topological polar surface area (TPSA) is 74.0 Å². The van der Waals surface area contributed by atoms with Crippen LogP contribution in [-0.2, 0) is 16.6 Å². The lowest BCUT2D eigenvalue weighted by molar-refractivity contribution is 0.580. The van der Waals surface area contributed by atoms with E-state index in [0.29, 0.717) is 24.0 Å². The van der Waals surface area contributed by atoms with Crippen molar-refractivity contribution in [1.29, 1.82) is 0 Å². The minimum absolute atomic E-state index is 0.260. The Kier molecular flexibility index (Phi) is 6.38. The highest BCUT2D eigenvalue weighted by atomic mass is 32.2. The third kappa shape index (κ3) is 5.56. The van der Waals surface area contributed by atoms with Gasteiger partial charge in [0.25, 0.3) is 0 Å². The summed E-state index contributed by atoms with van der Waals surface area (Å²) in [6.07, 6.45) is 3.49. The quantitative estimate of drug-likeness (QED) is 0.681. The van der Waals surface area contributed by atoms with Gasteiger partial charge in [-0.05, 0) is 12.3 Å². The Morgan fingerprint density at radius 3 is 2.63 bits per heavy atom. The van der Waals surface area contributed by atoms with E-state index in [1.165, 1.54) is 6.20 Å². The number of rotatable bonds is 8. The van der Waals surface area contributed by atoms with Gasteiger partial charge in [-0.15, -0.1) is 0 Å². The van der Waals surface area contributed by atoms with E-state index in [-0.39, 0.29) is 5.25 Å². The molecule has 1 rings (SSSR count). The van der Waals surface area contributed by atoms with Gasteiger partial charge in [-0.2, -0.15) is 11.8 Å². The molecule has 0 aliphatic heterocycles. The molecule has 0 amide bonds. The molecule has 0 fully saturated rings. The summed E-state index contributed by atoms with van der Waals surface area (Å²) in [5, 5.41) is 3.50. The third-order valence-corrected chi connectivity index (χ3v) is 5.06. The van der Waals surface area contributed by atoms with Crippen molar-refractivity contribution in [1.82, 2.24) is 15.0 Å². The van der Waals surface area contributed by atoms with Crippen LogP contribution < -0.4 is 10.0 Å². The van der Waals surface area contributed by atoms with E-state index in [4.69, 9.17) is 0 Å². The smallest absolute Gasteiger partial charge is 0.242 e. The number of hydrogen-bond acceptors (Lipinski definition) is 4. The molecule has 5 nitrogen and oxygen atoms in total. The van der Waals surface area contributed by atoms with E-state index < -0.39 is 10.0 Å². The highest BCUT2D eigenvalue weighted by Gasteiger charge is 2.16. The standard InChI is InChI=1S/C12H23N3O2S2/c1-9(2)13-7-11-5-12(8-14-11)19(16,17)15-6-10(3)18-4/h5,8-10,13-15H,6-7H2,1-4H3. The van der Waals surface area contributed by atoms with Crippen molar-refractivity contribution in [3.8, 4) is 0 Å². The summed E-state index contributed by atoms with van der Waals surface area (Å²) in [4.78, 5) is 3.27. The first-order chi connectivity index (χ1) is 8.85. The summed E-state index contributed by atoms with van der Waals surface area (Å²) in [7, 11) is -3.41. The minimum Gasteiger partial charge on any atom is -0.363 e. The number of hydrogen-bond donors (Lipinski definition) is 3. The monoisotopic (exact) mass is 305 g/mol. The van der Waals surface area contributed by atoms with Gasteiger partial charge >= 0.3 is 0 Å². The summed E-state index contributed by atoms with van der Waals surface area (Å²) < 4.78 is 26.7. The Bertz CT molecular complexity index is 483. The molecule has 1 aromatic heterocycles. The van der Waals surface area contributed by atoms with Crippen molar-refractivity contribution in [3.05, 3.63) is 18.0 Å². The molecule has 0 bridgehead atoms. The van der Waals surface area contributed by atoms with E-state index >= 15 is 0 Å². The van der Waals surface area contributed by atoms with Crippen molar-refractivity contribution in [2.24, 2.45) is 0 Å². The first-order valence-electron chi connectivity index (χ1n) is 6.28. The van der Waals surface area contributed by atoms with Gasteiger partial charge in [0.1, 0.15) is 0 Å². The highest BCUT2D eigenvalue weighted by Crippen LogP contribution is 2.12. The molecule has 0 saturated heterocycles. The minimum atomic E-state index is -3.41. The molecular formula is C12H23N3O2S2. The Balaban J connectivity index is 2.63. The van der Waals surface area contributed by atoms with Crippen LogP contribution in [0.3, 0.4) is 0 Å². The van der Waals surface area contributed by atoms with Gasteiger partial charge in [0.05, 0.1) is 4.90 Å². The van der Waals surface area contributed by atoms with E-state index in [1.807, 2.05) is 27.0 Å². The molecule has 19 heavy (non-hydrogen) atoms. The second-order valence-electron chi connectivity index (χ2n) is 4.79. The molecule has 3 N–H and O–H groups in total. The largest absolute Gasteiger partial charge is 0.363 e. The first kappa shape index (κ1) is 16.6. The maximum Gasteiger partial charge on any atom is 0.242 e. The van der Waals surface area contributed by atoms with Crippen molar-refractivity contribution >= 4 is 21.8 Å². The lowest BCUT2D eigenvalue weighted by atomic mass is 10.3. The fourth-order valence-corrected chi connectivity index (χ4v) is 2.89. The predicted molar refractivity (Wildman–Crippen MR) is 80.9 cm³/mol. The van der Waals surface area contributed by atoms with Gasteiger partial charge < -0.3 is 10.3 Å². The van der Waals surface area contributed by atoms with Crippen molar-refractivity contribution in [2.45, 2.75) is 43.5 Å². The average Bonchev–Trinajstić information content (AvgIpc) is 2.83. The van der Waals surface area contributed by atoms with E-state index in [1.54, 1.807) is 17.8 Å². The van der Waals surface area contributed by atoms with Crippen LogP contribution >= 0.6 is 11.8 Å². The van der Waals surface area contributed by atoms with Crippen molar-refractivity contribution in [2.75, 3.05) is 12.8 Å². The zero-order chi connectivity index (χ0) is 14.5. The third-order valence-electron chi connectivity index (χ3n) is 2.69. The Morgan fingerprint density at radius 1 is 1.37 bits per heavy atom. The molecule has 1 unspecified atom stereocenters. The summed E-state index contributed by atoms with van der Waals surface area (Å²) >= 11 is 1.63. The van der Waals surface area contributed by atoms with Gasteiger partial charge in [-0.1, -0.05) is 20.8 Å². The highest BCUT2D eigenvalue weighted by molar-refractivity contribution is 7.99. The number of nitrogens with one attached hydrogen (secondary N) is 3. The van der Waals surface area contributed by atoms with Crippen LogP contribution in [0.15, 0.2) is 17.2 Å². The van der Waals surface area contributed by atoms with Gasteiger partial charge in [-0.25, -0.2) is 13.1 Å². The van der Waals surface area contributed by atoms with Crippen LogP contribution in [0.25, 0.3) is 0 Å². The first-order valence-corrected chi connectivity index (χ1v) is 9.05. The molecule has 0 aliphatic carbocycles. The molecule has 0 aromatic carbocycles. The fraction of sp³-hybridized carbons (Fsp3) is 0.667. The predicted octanol–water partition coefficient (Wildman–Crippen LogP) is 1.54. The van der Waals surface area contributed by atoms with Crippen molar-refractivity contribution < 1.29 is 8.42 Å². The number of aromatic amines is 1. The van der Waals surface area contributed by atoms with E-state index in [2.05, 4.69) is 15.0 Å². The maximum atomic E-state index is 12.0. The van der Waals surface area contributed by atoms with E-state index in [9.17, 15) is 8.42 Å². The normalized spacial score (nSPS) is 13.9. The molecular weight excluding hydrogens is 282 g/mol. The number of aromatic nitrogens is 1. The lowest BCUT2D eigenvalue weighted by Crippen LogP contribution is -2.29. The molecule has 1 heterocycles. The van der Waals surface area contributed by atoms with Crippen LogP contribution in [0.4, 0.5) is 0 Å². The maximum absolute atomic E-state index is 12.0. The zero-order valence-electron chi connectivity index (χ0n) is 11.9. The van der Waals surface area contributed by atoms with Crippen LogP contribution in [0, 0.1) is 0 Å². The van der Waals surface area contributed by atoms with Crippen LogP contribution in [-0.4, -0.2) is 37.5 Å². The van der Waals surface area contributed by atoms with Gasteiger partial charge in [-0.3, -0.25) is 0 Å². The van der Waals surface area contributed by atoms with Crippen molar-refractivity contribution in [3.63, 3.8) is 0 Å². The average molecular weight is 305 g/mol. The van der Waals surface area contributed by atoms with Crippen LogP contribution in [0.5, 0.6) is 0 Å². The SMILES string of the molecule is CSC(C)CNS(=O)(=O)c1c[nH]c(CNC(C)C)c1. The second-order valence-corrected chi connectivity index (χ2v) is 7.84. The molecule has 0 aliphatic rings. The lowest BCUT2D eigenvalue weighted by Gasteiger charge is -2.09. The second kappa shape index (κ2) is 7.33. The Labute approximate surface area is 120 Å². The zero-order valence-corrected chi connectivity index (χ0v) is 13.5. The molecule has 0 radical (unpaired) electrons. The molecule has 0 spiro atoms. The number of sulfonamides is 1. The van der Waals surface area contributed by atoms with Gasteiger partial charge in [0, 0.05) is 36.3 Å². The molecule has 1 atom stereocenters. The summed E-state index contributed by atoms with van der Waals surface area (Å²) in [5.41, 5.74) is 0.868. The molecule has 7 heteroatoms. The van der Waals surface area contributed by atoms with Gasteiger partial charge in [0.2, 0.25) is 10.0 Å². The number of H-pyrrole nitrogens is 1. The van der Waals surface area contributed by atoms with Crippen LogP contribution in [0.2, 0.25) is 0 Å². The summed E-state index contributed by atoms with van der Waals surface area (Å²) in [5.74, 6) is 0. The molecule has 0 saturated carbocycles. The fourth-order valence-electron chi connectivity index (χ4n) is 1.38.